The van der Waals surface area contributed by atoms with Crippen molar-refractivity contribution in [2.24, 2.45) is 4.99 Å². The Kier molecular flexibility index (Phi) is 3.83. The summed E-state index contributed by atoms with van der Waals surface area (Å²) in [5.41, 5.74) is 0.924. The molecule has 3 rings (SSSR count). The first kappa shape index (κ1) is 12.9. The lowest BCUT2D eigenvalue weighted by Gasteiger charge is -2.18. The summed E-state index contributed by atoms with van der Waals surface area (Å²) in [6, 6.07) is 14.2. The predicted molar refractivity (Wildman–Crippen MR) is 81.8 cm³/mol. The minimum absolute atomic E-state index is 0.462. The molecule has 4 nitrogen and oxygen atoms in total. The highest BCUT2D eigenvalue weighted by atomic mass is 16.3. The van der Waals surface area contributed by atoms with Crippen molar-refractivity contribution in [1.82, 2.24) is 10.6 Å². The molecule has 0 saturated carbocycles. The van der Waals surface area contributed by atoms with E-state index < -0.39 is 6.10 Å². The number of aliphatic hydroxyl groups is 1. The van der Waals surface area contributed by atoms with Gasteiger partial charge in [0.1, 0.15) is 0 Å². The summed E-state index contributed by atoms with van der Waals surface area (Å²) < 4.78 is 0. The minimum atomic E-state index is -0.536. The first-order valence-corrected chi connectivity index (χ1v) is 7.02. The summed E-state index contributed by atoms with van der Waals surface area (Å²) in [7, 11) is 0. The average Bonchev–Trinajstić information content (AvgIpc) is 2.53. The number of benzene rings is 2. The number of rotatable bonds is 3. The van der Waals surface area contributed by atoms with Gasteiger partial charge in [0, 0.05) is 19.6 Å². The van der Waals surface area contributed by atoms with Crippen LogP contribution in [0.3, 0.4) is 0 Å². The molecule has 20 heavy (non-hydrogen) atoms. The number of guanidine groups is 1. The molecule has 1 aliphatic heterocycles. The maximum atomic E-state index is 10.3. The third kappa shape index (κ3) is 2.91. The van der Waals surface area contributed by atoms with Crippen LogP contribution in [0.5, 0.6) is 0 Å². The van der Waals surface area contributed by atoms with Crippen molar-refractivity contribution in [3.8, 4) is 0 Å². The van der Waals surface area contributed by atoms with Crippen LogP contribution in [-0.4, -0.2) is 30.7 Å². The van der Waals surface area contributed by atoms with E-state index in [4.69, 9.17) is 0 Å². The van der Waals surface area contributed by atoms with Crippen molar-refractivity contribution in [1.29, 1.82) is 0 Å². The zero-order valence-electron chi connectivity index (χ0n) is 11.3. The molecule has 0 amide bonds. The second-order valence-corrected chi connectivity index (χ2v) is 5.01. The molecule has 3 N–H and O–H groups in total. The molecule has 1 atom stereocenters. The smallest absolute Gasteiger partial charge is 0.191 e. The predicted octanol–water partition coefficient (Wildman–Crippen LogP) is 1.81. The summed E-state index contributed by atoms with van der Waals surface area (Å²) in [5, 5.41) is 18.9. The SMILES string of the molecule is OC(CNC1=NCCCN1)c1ccc2ccccc2c1. The summed E-state index contributed by atoms with van der Waals surface area (Å²) in [4.78, 5) is 4.33. The number of fused-ring (bicyclic) bond motifs is 1. The molecule has 1 heterocycles. The zero-order chi connectivity index (χ0) is 13.8. The van der Waals surface area contributed by atoms with E-state index in [1.54, 1.807) is 0 Å². The lowest BCUT2D eigenvalue weighted by atomic mass is 10.0. The second-order valence-electron chi connectivity index (χ2n) is 5.01. The molecule has 4 heteroatoms. The molecule has 1 unspecified atom stereocenters. The van der Waals surface area contributed by atoms with E-state index in [1.807, 2.05) is 30.3 Å². The fraction of sp³-hybridized carbons (Fsp3) is 0.312. The van der Waals surface area contributed by atoms with Gasteiger partial charge in [0.25, 0.3) is 0 Å². The van der Waals surface area contributed by atoms with Crippen LogP contribution in [0.15, 0.2) is 47.5 Å². The largest absolute Gasteiger partial charge is 0.387 e. The van der Waals surface area contributed by atoms with Crippen molar-refractivity contribution in [2.45, 2.75) is 12.5 Å². The van der Waals surface area contributed by atoms with Crippen molar-refractivity contribution in [2.75, 3.05) is 19.6 Å². The molecule has 0 aliphatic carbocycles. The number of hydrogen-bond donors (Lipinski definition) is 3. The topological polar surface area (TPSA) is 56.6 Å². The Balaban J connectivity index is 1.68. The highest BCUT2D eigenvalue weighted by Gasteiger charge is 2.10. The van der Waals surface area contributed by atoms with Crippen LogP contribution in [-0.2, 0) is 0 Å². The zero-order valence-corrected chi connectivity index (χ0v) is 11.3. The van der Waals surface area contributed by atoms with Crippen molar-refractivity contribution in [3.05, 3.63) is 48.0 Å². The maximum Gasteiger partial charge on any atom is 0.191 e. The lowest BCUT2D eigenvalue weighted by Crippen LogP contribution is -2.42. The van der Waals surface area contributed by atoms with Gasteiger partial charge in [-0.05, 0) is 28.8 Å². The first-order chi connectivity index (χ1) is 9.83. The van der Waals surface area contributed by atoms with E-state index in [0.29, 0.717) is 6.54 Å². The number of hydrogen-bond acceptors (Lipinski definition) is 4. The Morgan fingerprint density at radius 2 is 2.05 bits per heavy atom. The van der Waals surface area contributed by atoms with Gasteiger partial charge < -0.3 is 15.7 Å². The molecule has 2 aromatic rings. The molecule has 0 saturated heterocycles. The lowest BCUT2D eigenvalue weighted by molar-refractivity contribution is 0.181. The van der Waals surface area contributed by atoms with Crippen LogP contribution in [0, 0.1) is 0 Å². The molecular formula is C16H19N3O. The number of nitrogens with zero attached hydrogens (tertiary/aromatic N) is 1. The van der Waals surface area contributed by atoms with Crippen LogP contribution in [0.4, 0.5) is 0 Å². The summed E-state index contributed by atoms with van der Waals surface area (Å²) in [5.74, 6) is 0.788. The van der Waals surface area contributed by atoms with Gasteiger partial charge >= 0.3 is 0 Å². The van der Waals surface area contributed by atoms with E-state index in [9.17, 15) is 5.11 Å². The summed E-state index contributed by atoms with van der Waals surface area (Å²) in [6.07, 6.45) is 0.532. The van der Waals surface area contributed by atoms with Gasteiger partial charge in [-0.3, -0.25) is 4.99 Å². The molecule has 0 radical (unpaired) electrons. The molecule has 1 aliphatic rings. The van der Waals surface area contributed by atoms with E-state index in [0.717, 1.165) is 36.4 Å². The minimum Gasteiger partial charge on any atom is -0.387 e. The molecule has 0 spiro atoms. The summed E-state index contributed by atoms with van der Waals surface area (Å²) >= 11 is 0. The summed E-state index contributed by atoms with van der Waals surface area (Å²) in [6.45, 7) is 2.25. The molecular weight excluding hydrogens is 250 g/mol. The Hall–Kier alpha value is -2.07. The van der Waals surface area contributed by atoms with E-state index in [2.05, 4.69) is 27.8 Å². The highest BCUT2D eigenvalue weighted by Crippen LogP contribution is 2.20. The van der Waals surface area contributed by atoms with Crippen molar-refractivity contribution < 1.29 is 5.11 Å². The quantitative estimate of drug-likeness (QED) is 0.796. The van der Waals surface area contributed by atoms with Gasteiger partial charge in [-0.25, -0.2) is 0 Å². The molecule has 0 fully saturated rings. The van der Waals surface area contributed by atoms with Gasteiger partial charge in [0.15, 0.2) is 5.96 Å². The molecule has 2 aromatic carbocycles. The van der Waals surface area contributed by atoms with Gasteiger partial charge in [-0.15, -0.1) is 0 Å². The van der Waals surface area contributed by atoms with E-state index in [1.165, 1.54) is 5.39 Å². The van der Waals surface area contributed by atoms with Gasteiger partial charge in [0.05, 0.1) is 6.10 Å². The number of nitrogens with one attached hydrogen (secondary N) is 2. The maximum absolute atomic E-state index is 10.3. The Labute approximate surface area is 118 Å². The Morgan fingerprint density at radius 3 is 2.85 bits per heavy atom. The standard InChI is InChI=1S/C16H19N3O/c20-15(11-19-16-17-8-3-9-18-16)14-7-6-12-4-1-2-5-13(12)10-14/h1-2,4-7,10,15,20H,3,8-9,11H2,(H2,17,18,19). The third-order valence-corrected chi connectivity index (χ3v) is 3.52. The Bertz CT molecular complexity index is 624. The monoisotopic (exact) mass is 269 g/mol. The van der Waals surface area contributed by atoms with Crippen LogP contribution in [0.25, 0.3) is 10.8 Å². The normalized spacial score (nSPS) is 16.4. The molecule has 104 valence electrons. The third-order valence-electron chi connectivity index (χ3n) is 3.52. The second kappa shape index (κ2) is 5.92. The Morgan fingerprint density at radius 1 is 1.20 bits per heavy atom. The van der Waals surface area contributed by atoms with Gasteiger partial charge in [0.2, 0.25) is 0 Å². The van der Waals surface area contributed by atoms with Gasteiger partial charge in [-0.1, -0.05) is 36.4 Å². The average molecular weight is 269 g/mol. The first-order valence-electron chi connectivity index (χ1n) is 7.02. The van der Waals surface area contributed by atoms with Crippen LogP contribution in [0.1, 0.15) is 18.1 Å². The van der Waals surface area contributed by atoms with Crippen LogP contribution in [0.2, 0.25) is 0 Å². The van der Waals surface area contributed by atoms with Crippen LogP contribution >= 0.6 is 0 Å². The fourth-order valence-electron chi connectivity index (χ4n) is 2.38. The number of aliphatic hydroxyl groups excluding tert-OH is 1. The van der Waals surface area contributed by atoms with Crippen LogP contribution < -0.4 is 10.6 Å². The molecule has 0 aromatic heterocycles. The van der Waals surface area contributed by atoms with E-state index >= 15 is 0 Å². The molecule has 0 bridgehead atoms. The van der Waals surface area contributed by atoms with Crippen molar-refractivity contribution >= 4 is 16.7 Å². The highest BCUT2D eigenvalue weighted by molar-refractivity contribution is 5.83. The fourth-order valence-corrected chi connectivity index (χ4v) is 2.38. The number of aliphatic imine (C=N–C) groups is 1. The van der Waals surface area contributed by atoms with Crippen molar-refractivity contribution in [3.63, 3.8) is 0 Å². The van der Waals surface area contributed by atoms with Gasteiger partial charge in [-0.2, -0.15) is 0 Å². The van der Waals surface area contributed by atoms with E-state index in [-0.39, 0.29) is 0 Å².